The molecule has 2 saturated heterocycles. The van der Waals surface area contributed by atoms with Gasteiger partial charge in [0.1, 0.15) is 96.7 Å². The molecule has 0 aliphatic carbocycles. The number of fused-ring (bicyclic) bond motifs is 1. The Balaban J connectivity index is 2.32. The second-order valence-electron chi connectivity index (χ2n) is 37.6. The van der Waals surface area contributed by atoms with Crippen LogP contribution in [0.3, 0.4) is 0 Å². The maximum absolute atomic E-state index is 15.6. The van der Waals surface area contributed by atoms with Crippen LogP contribution in [0.5, 0.6) is 0 Å². The molecule has 804 valence electrons. The van der Waals surface area contributed by atoms with Crippen LogP contribution in [0.4, 0.5) is 9.59 Å². The van der Waals surface area contributed by atoms with Gasteiger partial charge in [-0.3, -0.25) is 111 Å². The number of esters is 1. The smallest absolute Gasteiger partial charge is 0.407 e. The molecule has 2 heterocycles. The molecule has 52 nitrogen and oxygen atoms in total. The lowest BCUT2D eigenvalue weighted by Crippen LogP contribution is -2.65. The third kappa shape index (κ3) is 35.4. The number of primary amides is 5. The molecule has 144 heavy (non-hydrogen) atoms. The number of hydrogen-bond donors (Lipinski definition) is 19. The van der Waals surface area contributed by atoms with E-state index in [1.165, 1.54) is 56.0 Å². The summed E-state index contributed by atoms with van der Waals surface area (Å²) in [6.45, 7) is 22.2. The van der Waals surface area contributed by atoms with Gasteiger partial charge in [-0.1, -0.05) is 139 Å². The first-order valence-electron chi connectivity index (χ1n) is 47.4. The number of amides is 25. The minimum atomic E-state index is -2.76. The highest BCUT2D eigenvalue weighted by Crippen LogP contribution is 2.30. The minimum absolute atomic E-state index is 0.00102. The number of imide groups is 1. The summed E-state index contributed by atoms with van der Waals surface area (Å²) in [6.07, 6.45) is -8.71. The molecule has 1 unspecified atom stereocenters. The third-order valence-corrected chi connectivity index (χ3v) is 25.6. The number of carbonyl (C=O) groups excluding carboxylic acids is 25. The van der Waals surface area contributed by atoms with E-state index in [0.29, 0.717) is 10.5 Å². The molecule has 0 radical (unpaired) electrons. The zero-order valence-electron chi connectivity index (χ0n) is 86.0. The van der Waals surface area contributed by atoms with Gasteiger partial charge in [-0.25, -0.2) is 14.4 Å². The van der Waals surface area contributed by atoms with Gasteiger partial charge in [0.05, 0.1) is 64.1 Å². The van der Waals surface area contributed by atoms with E-state index in [9.17, 15) is 91.4 Å². The number of carbonyl (C=O) groups is 25. The highest BCUT2D eigenvalue weighted by molar-refractivity contribution is 6.04. The van der Waals surface area contributed by atoms with Gasteiger partial charge in [-0.05, 0) is 75.2 Å². The SMILES string of the molecule is CC[C@@H](C)C(C(=O)N(C)[C@H](C(=O)N(C)[C@@H](CC(C)C)C(=O)N[C@@H](CC(N)=O)C(=O)N[C@@H]1C(=O)N[C@@H](CC(N)=O)C(=O)N(C)CC(=O)N[C@@H](CC(N)=O)C(=O)N[C@@H](C)C(=O)N[C@H]([C@H](C)CC)C(=O)N[C@H]2CC(=O)N[C@@]2(O)[C@H](C)C(=O)N[C@@H](CC(=O)NC(N)=O)C(=O)N[C@H](C)C(=O)N[C@H]([C@@H](C)CC)C(=O)O[C@@H]1C)C(C)C)N(C)C(=O)[C@H](CC(N)=O)N(C)C(=O)[C@H]([C@H](C)CC)N(C)C(=O)[C@@H](Cc1ccccc1)NC(=O)OC. The van der Waals surface area contributed by atoms with E-state index in [1.807, 2.05) is 0 Å². The molecule has 2 aliphatic heterocycles. The predicted molar refractivity (Wildman–Crippen MR) is 513 cm³/mol. The van der Waals surface area contributed by atoms with Crippen LogP contribution in [0.25, 0.3) is 0 Å². The van der Waals surface area contributed by atoms with Crippen molar-refractivity contribution in [1.82, 2.24) is 98.5 Å². The van der Waals surface area contributed by atoms with Crippen molar-refractivity contribution in [1.29, 1.82) is 0 Å². The van der Waals surface area contributed by atoms with Crippen molar-refractivity contribution in [2.45, 2.75) is 296 Å². The molecule has 1 aromatic carbocycles. The van der Waals surface area contributed by atoms with Gasteiger partial charge < -0.3 is 136 Å². The predicted octanol–water partition coefficient (Wildman–Crippen LogP) is -6.80. The zero-order chi connectivity index (χ0) is 110. The summed E-state index contributed by atoms with van der Waals surface area (Å²) in [5.41, 5.74) is 25.8. The molecule has 1 aromatic rings. The highest BCUT2D eigenvalue weighted by Gasteiger charge is 2.55. The van der Waals surface area contributed by atoms with E-state index in [-0.39, 0.29) is 38.5 Å². The Kier molecular flexibility index (Phi) is 48.6. The molecule has 0 spiro atoms. The van der Waals surface area contributed by atoms with Crippen LogP contribution in [-0.4, -0.2) is 347 Å². The molecule has 3 rings (SSSR count). The summed E-state index contributed by atoms with van der Waals surface area (Å²) < 4.78 is 10.7. The van der Waals surface area contributed by atoms with Crippen LogP contribution in [0.2, 0.25) is 0 Å². The first kappa shape index (κ1) is 124. The van der Waals surface area contributed by atoms with Crippen LogP contribution in [-0.2, 0) is 126 Å². The van der Waals surface area contributed by atoms with Crippen LogP contribution in [0.15, 0.2) is 30.3 Å². The number of aliphatic hydroxyl groups is 1. The lowest BCUT2D eigenvalue weighted by molar-refractivity contribution is -0.158. The summed E-state index contributed by atoms with van der Waals surface area (Å²) >= 11 is 0. The Morgan fingerprint density at radius 2 is 0.972 bits per heavy atom. The number of rotatable bonds is 38. The number of hydrogen-bond acceptors (Lipinski definition) is 28. The minimum Gasteiger partial charge on any atom is -0.458 e. The van der Waals surface area contributed by atoms with Crippen LogP contribution in [0.1, 0.15) is 187 Å². The van der Waals surface area contributed by atoms with E-state index < -0.39 is 343 Å². The quantitative estimate of drug-likeness (QED) is 0.0274. The normalized spacial score (nSPS) is 23.4. The number of likely N-dealkylation sites (N-methyl/N-ethyl adjacent to an activating group) is 6. The Bertz CT molecular complexity index is 4850. The van der Waals surface area contributed by atoms with Gasteiger partial charge in [0, 0.05) is 48.7 Å². The number of urea groups is 1. The molecule has 0 bridgehead atoms. The number of alkyl carbamates (subject to hydrolysis) is 1. The summed E-state index contributed by atoms with van der Waals surface area (Å²) in [5, 5.41) is 41.8. The van der Waals surface area contributed by atoms with E-state index >= 15 is 33.6 Å². The zero-order valence-corrected chi connectivity index (χ0v) is 86.0. The van der Waals surface area contributed by atoms with Crippen molar-refractivity contribution in [2.24, 2.45) is 70.1 Å². The molecule has 25 amide bonds. The fraction of sp³-hybridized carbons (Fsp3) is 0.663. The average molecular weight is 2040 g/mol. The lowest BCUT2D eigenvalue weighted by atomic mass is 9.89. The largest absolute Gasteiger partial charge is 0.458 e. The second kappa shape index (κ2) is 56.5. The first-order valence-corrected chi connectivity index (χ1v) is 47.4. The summed E-state index contributed by atoms with van der Waals surface area (Å²) in [4.78, 5) is 360. The maximum Gasteiger partial charge on any atom is 0.407 e. The number of nitrogens with one attached hydrogen (secondary N) is 13. The molecule has 2 fully saturated rings. The number of benzene rings is 1. The molecule has 23 atom stereocenters. The van der Waals surface area contributed by atoms with Crippen LogP contribution in [0, 0.1) is 41.4 Å². The van der Waals surface area contributed by atoms with Gasteiger partial charge in [0.25, 0.3) is 0 Å². The Morgan fingerprint density at radius 1 is 0.500 bits per heavy atom. The Labute approximate surface area is 835 Å². The summed E-state index contributed by atoms with van der Waals surface area (Å²) in [7, 11) is 8.27. The van der Waals surface area contributed by atoms with Gasteiger partial charge >= 0.3 is 18.1 Å². The number of nitrogens with zero attached hydrogens (tertiary/aromatic N) is 6. The topological polar surface area (TPSA) is 771 Å². The highest BCUT2D eigenvalue weighted by atomic mass is 16.5. The van der Waals surface area contributed by atoms with Crippen molar-refractivity contribution in [2.75, 3.05) is 55.9 Å². The summed E-state index contributed by atoms with van der Waals surface area (Å²) in [6, 6.07) is -21.5. The van der Waals surface area contributed by atoms with E-state index in [2.05, 4.69) is 63.8 Å². The molecule has 0 saturated carbocycles. The van der Waals surface area contributed by atoms with Gasteiger partial charge in [-0.2, -0.15) is 0 Å². The van der Waals surface area contributed by atoms with Crippen molar-refractivity contribution in [3.05, 3.63) is 35.9 Å². The third-order valence-electron chi connectivity index (χ3n) is 25.6. The Morgan fingerprint density at radius 3 is 1.46 bits per heavy atom. The number of ether oxygens (including phenoxy) is 2. The molecule has 24 N–H and O–H groups in total. The van der Waals surface area contributed by atoms with Crippen molar-refractivity contribution < 1.29 is 134 Å². The second-order valence-corrected chi connectivity index (χ2v) is 37.6. The van der Waals surface area contributed by atoms with Crippen molar-refractivity contribution >= 4 is 148 Å². The number of cyclic esters (lactones) is 1. The van der Waals surface area contributed by atoms with Gasteiger partial charge in [0.15, 0.2) is 5.72 Å². The fourth-order valence-corrected chi connectivity index (χ4v) is 16.3. The molecular formula is C92H148N24O28. The van der Waals surface area contributed by atoms with Gasteiger partial charge in [0.2, 0.25) is 130 Å². The van der Waals surface area contributed by atoms with Crippen LogP contribution < -0.4 is 97.8 Å². The van der Waals surface area contributed by atoms with Crippen LogP contribution >= 0.6 is 0 Å². The molecular weight excluding hydrogens is 1890 g/mol. The van der Waals surface area contributed by atoms with E-state index in [4.69, 9.17) is 38.1 Å². The first-order chi connectivity index (χ1) is 66.9. The molecule has 0 aromatic heterocycles. The number of nitrogens with two attached hydrogens (primary N) is 5. The monoisotopic (exact) mass is 2040 g/mol. The molecule has 52 heteroatoms. The van der Waals surface area contributed by atoms with Crippen molar-refractivity contribution in [3.8, 4) is 0 Å². The van der Waals surface area contributed by atoms with Crippen molar-refractivity contribution in [3.63, 3.8) is 0 Å². The maximum atomic E-state index is 15.6. The Hall–Kier alpha value is -14.3. The molecule has 2 aliphatic rings. The fourth-order valence-electron chi connectivity index (χ4n) is 16.3. The van der Waals surface area contributed by atoms with E-state index in [0.717, 1.165) is 66.4 Å². The van der Waals surface area contributed by atoms with Gasteiger partial charge in [-0.15, -0.1) is 0 Å². The number of methoxy groups -OCH3 is 1. The summed E-state index contributed by atoms with van der Waals surface area (Å²) in [5.74, 6) is -33.8. The average Bonchev–Trinajstić information content (AvgIpc) is 1.57. The standard InChI is InChI=1S/C92H148N24O28/c1-24-44(9)68-81(131)105-60-40-66(122)110-92(60,142)48(13)74(124)101-55(38-65(121)106-90(97)140)78(128)99-50(15)76(126)108-69(45(10)25-2)89(139)144-51(16)70(82(132)103-57(37-63(95)119)83(133)111(17)41-67(123)100-53(35-61(93)117)77(127)98-49(14)75(125)107-68)109-79(129)54(36-62(94)118)102-80(130)58(33-42(5)6)112(18)86(136)71(43(7)8)114(20)88(138)73(47(12)27-4)116(22)85(135)59(39-64(96)120)113(19)87(137)72(46(11)26-3)115(21)84(134)56(104-91(141)143-23)34-52-31-29-28-30-32-52/h28-32,42-51,53-60,68-73,142H,24-27,33-41H2,1-23H3,(H2,93,117)(H2,94,118)(H2,95,119)(H2,96,120)(H,98,127)(H,99,128)(H,100,123)(H,101,124)(H,102,130)(H,103,132)(H,104,141)(H,105,131)(H,107,125)(H,108,126)(H,109,129)(H,110,122)(H3,97,106,121,140)/t44-,45+,46-,47-,48-,49+,50-,51-,53+,54+,55+,56-,57+,58+,59+,60+,68-,69-,70+,71+,72+,73?,92-/m1/s1. The van der Waals surface area contributed by atoms with E-state index in [1.54, 1.807) is 98.0 Å². The lowest BCUT2D eigenvalue weighted by Gasteiger charge is -2.42.